The van der Waals surface area contributed by atoms with Crippen LogP contribution in [-0.2, 0) is 23.8 Å². The van der Waals surface area contributed by atoms with Crippen LogP contribution in [0.2, 0.25) is 0 Å². The Kier molecular flexibility index (Phi) is 22.1. The smallest absolute Gasteiger partial charge is 0.302 e. The van der Waals surface area contributed by atoms with Gasteiger partial charge in [-0.05, 0) is 25.5 Å². The van der Waals surface area contributed by atoms with E-state index in [9.17, 15) is 13.2 Å². The molecule has 1 radical (unpaired) electrons. The Balaban J connectivity index is 0. The van der Waals surface area contributed by atoms with Crippen molar-refractivity contribution >= 4 is 45.6 Å². The molecule has 1 aromatic carbocycles. The SMILES string of the molecule is CCCCCCCCCCCCOS(=O)(=O)c1ccccc1.CCOC(C)=O.[Na]. The summed E-state index contributed by atoms with van der Waals surface area (Å²) in [6, 6.07) is 8.33. The molecule has 0 N–H and O–H groups in total. The van der Waals surface area contributed by atoms with Crippen LogP contribution in [0.25, 0.3) is 0 Å². The van der Waals surface area contributed by atoms with Crippen LogP contribution in [0.15, 0.2) is 35.2 Å². The molecule has 0 fully saturated rings. The van der Waals surface area contributed by atoms with Crippen molar-refractivity contribution in [2.75, 3.05) is 13.2 Å². The Morgan fingerprint density at radius 2 is 1.31 bits per heavy atom. The molecule has 0 saturated heterocycles. The van der Waals surface area contributed by atoms with Crippen LogP contribution in [0.1, 0.15) is 85.0 Å². The number of carbonyl (C=O) groups is 1. The third-order valence-electron chi connectivity index (χ3n) is 4.12. The molecule has 0 heterocycles. The second-order valence-electron chi connectivity index (χ2n) is 6.70. The number of esters is 1. The van der Waals surface area contributed by atoms with Gasteiger partial charge in [-0.3, -0.25) is 8.98 Å². The fourth-order valence-corrected chi connectivity index (χ4v) is 3.58. The quantitative estimate of drug-likeness (QED) is 0.166. The van der Waals surface area contributed by atoms with E-state index < -0.39 is 10.1 Å². The van der Waals surface area contributed by atoms with Crippen molar-refractivity contribution in [3.8, 4) is 0 Å². The fourth-order valence-electron chi connectivity index (χ4n) is 2.62. The predicted molar refractivity (Wildman–Crippen MR) is 119 cm³/mol. The molecule has 0 unspecified atom stereocenters. The number of rotatable bonds is 14. The first kappa shape index (κ1) is 30.8. The number of hydrogen-bond acceptors (Lipinski definition) is 5. The van der Waals surface area contributed by atoms with E-state index in [1.165, 1.54) is 58.3 Å². The molecular weight excluding hydrogens is 399 g/mol. The first-order chi connectivity index (χ1) is 13.4. The molecule has 0 aliphatic rings. The third-order valence-corrected chi connectivity index (χ3v) is 5.44. The second-order valence-corrected chi connectivity index (χ2v) is 8.31. The maximum atomic E-state index is 11.9. The zero-order valence-corrected chi connectivity index (χ0v) is 21.6. The number of ether oxygens (including phenoxy) is 1. The molecule has 1 rings (SSSR count). The standard InChI is InChI=1S/C18H30O3S.C4H8O2.Na/c1-2-3-4-5-6-7-8-9-10-14-17-21-22(19,20)18-15-12-11-13-16-18;1-3-6-4(2)5;/h11-13,15-16H,2-10,14,17H2,1H3;3H2,1-2H3;. The van der Waals surface area contributed by atoms with Crippen LogP contribution in [-0.4, -0.2) is 57.2 Å². The molecule has 0 aliphatic heterocycles. The molecule has 0 amide bonds. The first-order valence-electron chi connectivity index (χ1n) is 10.5. The monoisotopic (exact) mass is 437 g/mol. The third kappa shape index (κ3) is 19.3. The van der Waals surface area contributed by atoms with Crippen molar-refractivity contribution in [2.24, 2.45) is 0 Å². The summed E-state index contributed by atoms with van der Waals surface area (Å²) in [5, 5.41) is 0. The Morgan fingerprint density at radius 1 is 0.828 bits per heavy atom. The van der Waals surface area contributed by atoms with Gasteiger partial charge in [-0.25, -0.2) is 0 Å². The number of carbonyl (C=O) groups excluding carboxylic acids is 1. The van der Waals surface area contributed by atoms with Gasteiger partial charge < -0.3 is 4.74 Å². The topological polar surface area (TPSA) is 69.7 Å². The zero-order valence-electron chi connectivity index (χ0n) is 18.8. The van der Waals surface area contributed by atoms with E-state index in [0.717, 1.165) is 12.8 Å². The summed E-state index contributed by atoms with van der Waals surface area (Å²) >= 11 is 0. The van der Waals surface area contributed by atoms with E-state index >= 15 is 0 Å². The minimum Gasteiger partial charge on any atom is -0.466 e. The van der Waals surface area contributed by atoms with Gasteiger partial charge in [-0.2, -0.15) is 8.42 Å². The van der Waals surface area contributed by atoms with Crippen LogP contribution >= 0.6 is 0 Å². The van der Waals surface area contributed by atoms with Gasteiger partial charge in [0.15, 0.2) is 0 Å². The van der Waals surface area contributed by atoms with Crippen molar-refractivity contribution in [3.05, 3.63) is 30.3 Å². The van der Waals surface area contributed by atoms with Crippen molar-refractivity contribution in [3.63, 3.8) is 0 Å². The van der Waals surface area contributed by atoms with Gasteiger partial charge in [0.05, 0.1) is 18.1 Å². The Hall–Kier alpha value is -0.400. The second kappa shape index (κ2) is 20.9. The molecular formula is C22H38NaO5S. The van der Waals surface area contributed by atoms with Crippen molar-refractivity contribution in [2.45, 2.75) is 89.9 Å². The molecule has 0 saturated carbocycles. The van der Waals surface area contributed by atoms with E-state index in [2.05, 4.69) is 11.7 Å². The Labute approximate surface area is 200 Å². The molecule has 163 valence electrons. The van der Waals surface area contributed by atoms with Crippen molar-refractivity contribution in [1.29, 1.82) is 0 Å². The maximum absolute atomic E-state index is 11.9. The van der Waals surface area contributed by atoms with Crippen LogP contribution in [0.4, 0.5) is 0 Å². The molecule has 0 spiro atoms. The van der Waals surface area contributed by atoms with Crippen LogP contribution in [0, 0.1) is 0 Å². The zero-order chi connectivity index (χ0) is 21.1. The molecule has 29 heavy (non-hydrogen) atoms. The van der Waals surface area contributed by atoms with Crippen molar-refractivity contribution < 1.29 is 22.1 Å². The first-order valence-corrected chi connectivity index (χ1v) is 11.9. The summed E-state index contributed by atoms with van der Waals surface area (Å²) in [7, 11) is -3.57. The van der Waals surface area contributed by atoms with Crippen molar-refractivity contribution in [1.82, 2.24) is 0 Å². The fraction of sp³-hybridized carbons (Fsp3) is 0.682. The molecule has 7 heteroatoms. The summed E-state index contributed by atoms with van der Waals surface area (Å²) in [4.78, 5) is 10.1. The van der Waals surface area contributed by atoms with E-state index in [1.807, 2.05) is 0 Å². The largest absolute Gasteiger partial charge is 0.466 e. The summed E-state index contributed by atoms with van der Waals surface area (Å²) in [6.07, 6.45) is 12.3. The molecule has 0 bridgehead atoms. The van der Waals surface area contributed by atoms with E-state index in [1.54, 1.807) is 37.3 Å². The molecule has 0 aromatic heterocycles. The molecule has 1 aromatic rings. The summed E-state index contributed by atoms with van der Waals surface area (Å²) in [5.41, 5.74) is 0. The van der Waals surface area contributed by atoms with E-state index in [-0.39, 0.29) is 47.0 Å². The summed E-state index contributed by atoms with van der Waals surface area (Å²) < 4.78 is 33.2. The maximum Gasteiger partial charge on any atom is 0.302 e. The van der Waals surface area contributed by atoms with Gasteiger partial charge in [0.1, 0.15) is 0 Å². The van der Waals surface area contributed by atoms with Gasteiger partial charge in [-0.1, -0.05) is 82.9 Å². The Morgan fingerprint density at radius 3 is 1.72 bits per heavy atom. The van der Waals surface area contributed by atoms with Crippen LogP contribution in [0.5, 0.6) is 0 Å². The Bertz CT molecular complexity index is 590. The van der Waals surface area contributed by atoms with Gasteiger partial charge >= 0.3 is 5.97 Å². The van der Waals surface area contributed by atoms with E-state index in [0.29, 0.717) is 6.61 Å². The predicted octanol–water partition coefficient (Wildman–Crippen LogP) is 5.50. The normalized spacial score (nSPS) is 10.4. The molecule has 0 atom stereocenters. The van der Waals surface area contributed by atoms with Crippen LogP contribution < -0.4 is 0 Å². The van der Waals surface area contributed by atoms with Gasteiger partial charge in [0.2, 0.25) is 0 Å². The average Bonchev–Trinajstić information content (AvgIpc) is 2.67. The minimum absolute atomic E-state index is 0. The van der Waals surface area contributed by atoms with Gasteiger partial charge in [-0.15, -0.1) is 0 Å². The molecule has 5 nitrogen and oxygen atoms in total. The molecule has 0 aliphatic carbocycles. The van der Waals surface area contributed by atoms with Gasteiger partial charge in [0, 0.05) is 36.5 Å². The number of hydrogen-bond donors (Lipinski definition) is 0. The summed E-state index contributed by atoms with van der Waals surface area (Å²) in [5.74, 6) is -0.211. The minimum atomic E-state index is -3.57. The number of benzene rings is 1. The number of unbranched alkanes of at least 4 members (excludes halogenated alkanes) is 9. The average molecular weight is 438 g/mol. The summed E-state index contributed by atoms with van der Waals surface area (Å²) in [6.45, 7) is 6.17. The van der Waals surface area contributed by atoms with E-state index in [4.69, 9.17) is 4.18 Å². The van der Waals surface area contributed by atoms with Gasteiger partial charge in [0.25, 0.3) is 10.1 Å². The van der Waals surface area contributed by atoms with Crippen LogP contribution in [0.3, 0.4) is 0 Å².